The number of nitro groups is 1. The summed E-state index contributed by atoms with van der Waals surface area (Å²) in [6.45, 7) is 1.75. The van der Waals surface area contributed by atoms with Gasteiger partial charge in [0, 0.05) is 22.5 Å². The number of rotatable bonds is 5. The van der Waals surface area contributed by atoms with E-state index in [2.05, 4.69) is 0 Å². The number of thioether (sulfide) groups is 1. The van der Waals surface area contributed by atoms with Crippen LogP contribution in [0.4, 0.5) is 5.69 Å². The second-order valence-electron chi connectivity index (χ2n) is 3.32. The Bertz CT molecular complexity index is 530. The fourth-order valence-corrected chi connectivity index (χ4v) is 3.51. The van der Waals surface area contributed by atoms with Gasteiger partial charge in [-0.3, -0.25) is 10.1 Å². The van der Waals surface area contributed by atoms with Crippen molar-refractivity contribution in [2.45, 2.75) is 11.8 Å². The minimum Gasteiger partial charge on any atom is -0.258 e. The lowest BCUT2D eigenvalue weighted by Crippen LogP contribution is -2.00. The molecule has 8 heteroatoms. The van der Waals surface area contributed by atoms with Gasteiger partial charge in [0.1, 0.15) is 0 Å². The van der Waals surface area contributed by atoms with Crippen LogP contribution in [-0.2, 0) is 9.05 Å². The zero-order valence-electron chi connectivity index (χ0n) is 8.92. The average molecular weight is 296 g/mol. The molecule has 0 atom stereocenters. The van der Waals surface area contributed by atoms with Gasteiger partial charge in [0.25, 0.3) is 5.69 Å². The van der Waals surface area contributed by atoms with Crippen molar-refractivity contribution in [3.63, 3.8) is 0 Å². The summed E-state index contributed by atoms with van der Waals surface area (Å²) in [5.41, 5.74) is 0.771. The van der Waals surface area contributed by atoms with Gasteiger partial charge in [-0.05, 0) is 18.6 Å². The molecule has 0 N–H and O–H groups in total. The maximum Gasteiger partial charge on any atom is 0.283 e. The highest BCUT2D eigenvalue weighted by atomic mass is 35.7. The normalized spacial score (nSPS) is 11.4. The number of benzene rings is 1. The molecule has 17 heavy (non-hydrogen) atoms. The fraction of sp³-hybridized carbons (Fsp3) is 0.333. The molecular formula is C9H10ClNO4S2. The molecule has 0 amide bonds. The van der Waals surface area contributed by atoms with Crippen LogP contribution in [0, 0.1) is 17.0 Å². The quantitative estimate of drug-likeness (QED) is 0.361. The van der Waals surface area contributed by atoms with Crippen molar-refractivity contribution in [3.8, 4) is 0 Å². The van der Waals surface area contributed by atoms with Crippen LogP contribution in [0.5, 0.6) is 0 Å². The first-order valence-electron chi connectivity index (χ1n) is 4.60. The molecule has 0 bridgehead atoms. The summed E-state index contributed by atoms with van der Waals surface area (Å²) in [6.07, 6.45) is 0. The zero-order valence-corrected chi connectivity index (χ0v) is 11.3. The SMILES string of the molecule is Cc1ccc(SCCS(=O)(=O)Cl)c([N+](=O)[O-])c1. The highest BCUT2D eigenvalue weighted by Crippen LogP contribution is 2.30. The molecule has 0 fully saturated rings. The Kier molecular flexibility index (Phi) is 4.79. The van der Waals surface area contributed by atoms with Crippen molar-refractivity contribution >= 4 is 37.2 Å². The summed E-state index contributed by atoms with van der Waals surface area (Å²) >= 11 is 1.11. The van der Waals surface area contributed by atoms with Crippen LogP contribution in [0.3, 0.4) is 0 Å². The minimum absolute atomic E-state index is 0.0121. The summed E-state index contributed by atoms with van der Waals surface area (Å²) in [5.74, 6) is -0.0278. The summed E-state index contributed by atoms with van der Waals surface area (Å²) in [7, 11) is 1.50. The van der Waals surface area contributed by atoms with Gasteiger partial charge in [0.15, 0.2) is 0 Å². The lowest BCUT2D eigenvalue weighted by Gasteiger charge is -2.02. The van der Waals surface area contributed by atoms with Gasteiger partial charge in [-0.25, -0.2) is 8.42 Å². The maximum absolute atomic E-state index is 10.8. The van der Waals surface area contributed by atoms with E-state index in [9.17, 15) is 18.5 Å². The van der Waals surface area contributed by atoms with Crippen LogP contribution in [-0.4, -0.2) is 24.8 Å². The molecule has 94 valence electrons. The smallest absolute Gasteiger partial charge is 0.258 e. The van der Waals surface area contributed by atoms with Crippen LogP contribution >= 0.6 is 22.4 Å². The van der Waals surface area contributed by atoms with Crippen LogP contribution in [0.1, 0.15) is 5.56 Å². The van der Waals surface area contributed by atoms with E-state index in [1.165, 1.54) is 6.07 Å². The number of hydrogen-bond donors (Lipinski definition) is 0. The van der Waals surface area contributed by atoms with E-state index in [0.717, 1.165) is 17.3 Å². The first-order valence-corrected chi connectivity index (χ1v) is 8.06. The van der Waals surface area contributed by atoms with Crippen LogP contribution in [0.25, 0.3) is 0 Å². The predicted molar refractivity (Wildman–Crippen MR) is 68.2 cm³/mol. The Labute approximate surface area is 108 Å². The Morgan fingerprint density at radius 2 is 2.12 bits per heavy atom. The minimum atomic E-state index is -3.55. The molecule has 0 saturated carbocycles. The molecule has 0 aliphatic carbocycles. The molecule has 1 rings (SSSR count). The molecule has 5 nitrogen and oxygen atoms in total. The zero-order chi connectivity index (χ0) is 13.1. The second kappa shape index (κ2) is 5.70. The lowest BCUT2D eigenvalue weighted by molar-refractivity contribution is -0.387. The third-order valence-electron chi connectivity index (χ3n) is 1.90. The van der Waals surface area contributed by atoms with Gasteiger partial charge >= 0.3 is 0 Å². The Morgan fingerprint density at radius 3 is 2.65 bits per heavy atom. The van der Waals surface area contributed by atoms with Crippen LogP contribution in [0.2, 0.25) is 0 Å². The maximum atomic E-state index is 10.8. The molecule has 0 radical (unpaired) electrons. The predicted octanol–water partition coefficient (Wildman–Crippen LogP) is 2.56. The van der Waals surface area contributed by atoms with E-state index in [1.807, 2.05) is 0 Å². The highest BCUT2D eigenvalue weighted by molar-refractivity contribution is 8.14. The first kappa shape index (κ1) is 14.3. The summed E-state index contributed by atoms with van der Waals surface area (Å²) in [4.78, 5) is 10.7. The summed E-state index contributed by atoms with van der Waals surface area (Å²) in [6, 6.07) is 4.81. The monoisotopic (exact) mass is 295 g/mol. The molecule has 0 unspecified atom stereocenters. The van der Waals surface area contributed by atoms with Gasteiger partial charge in [0.05, 0.1) is 15.6 Å². The lowest BCUT2D eigenvalue weighted by atomic mass is 10.2. The second-order valence-corrected chi connectivity index (χ2v) is 7.35. The molecule has 0 heterocycles. The standard InChI is InChI=1S/C9H10ClNO4S2/c1-7-2-3-9(8(6-7)11(12)13)16-4-5-17(10,14)15/h2-3,6H,4-5H2,1H3. The van der Waals surface area contributed by atoms with Crippen molar-refractivity contribution in [2.24, 2.45) is 0 Å². The largest absolute Gasteiger partial charge is 0.283 e. The number of aryl methyl sites for hydroxylation is 1. The average Bonchev–Trinajstić information content (AvgIpc) is 2.18. The van der Waals surface area contributed by atoms with Gasteiger partial charge in [-0.2, -0.15) is 0 Å². The fourth-order valence-electron chi connectivity index (χ4n) is 1.14. The Morgan fingerprint density at radius 1 is 1.47 bits per heavy atom. The molecular weight excluding hydrogens is 286 g/mol. The number of halogens is 1. The third-order valence-corrected chi connectivity index (χ3v) is 4.37. The Balaban J connectivity index is 2.81. The van der Waals surface area contributed by atoms with Crippen molar-refractivity contribution in [1.82, 2.24) is 0 Å². The van der Waals surface area contributed by atoms with Crippen molar-refractivity contribution in [2.75, 3.05) is 11.5 Å². The van der Waals surface area contributed by atoms with Crippen molar-refractivity contribution in [3.05, 3.63) is 33.9 Å². The molecule has 0 aliphatic heterocycles. The molecule has 0 aromatic heterocycles. The molecule has 1 aromatic carbocycles. The van der Waals surface area contributed by atoms with Gasteiger partial charge in [-0.15, -0.1) is 11.8 Å². The van der Waals surface area contributed by atoms with Crippen LogP contribution in [0.15, 0.2) is 23.1 Å². The number of nitrogens with zero attached hydrogens (tertiary/aromatic N) is 1. The summed E-state index contributed by atoms with van der Waals surface area (Å²) < 4.78 is 21.4. The van der Waals surface area contributed by atoms with Gasteiger partial charge in [0.2, 0.25) is 9.05 Å². The van der Waals surface area contributed by atoms with Crippen LogP contribution < -0.4 is 0 Å². The number of hydrogen-bond acceptors (Lipinski definition) is 5. The molecule has 0 aliphatic rings. The van der Waals surface area contributed by atoms with E-state index in [4.69, 9.17) is 10.7 Å². The molecule has 0 spiro atoms. The van der Waals surface area contributed by atoms with E-state index < -0.39 is 14.0 Å². The van der Waals surface area contributed by atoms with E-state index in [1.54, 1.807) is 19.1 Å². The van der Waals surface area contributed by atoms with Gasteiger partial charge in [-0.1, -0.05) is 6.07 Å². The van der Waals surface area contributed by atoms with E-state index >= 15 is 0 Å². The van der Waals surface area contributed by atoms with E-state index in [-0.39, 0.29) is 17.2 Å². The number of nitro benzene ring substituents is 1. The van der Waals surface area contributed by atoms with E-state index in [0.29, 0.717) is 4.90 Å². The van der Waals surface area contributed by atoms with Gasteiger partial charge < -0.3 is 0 Å². The van der Waals surface area contributed by atoms with Crippen molar-refractivity contribution < 1.29 is 13.3 Å². The topological polar surface area (TPSA) is 77.3 Å². The molecule has 0 saturated heterocycles. The first-order chi connectivity index (χ1) is 7.79. The molecule has 1 aromatic rings. The van der Waals surface area contributed by atoms with Crippen molar-refractivity contribution in [1.29, 1.82) is 0 Å². The summed E-state index contributed by atoms with van der Waals surface area (Å²) in [5, 5.41) is 10.8. The third kappa shape index (κ3) is 4.93. The highest BCUT2D eigenvalue weighted by Gasteiger charge is 2.15. The Hall–Kier alpha value is -0.790.